The van der Waals surface area contributed by atoms with Crippen LogP contribution < -0.4 is 20.1 Å². The number of carbonyl (C=O) groups excluding carboxylic acids is 2. The number of aromatic hydroxyl groups is 2. The van der Waals surface area contributed by atoms with E-state index in [1.54, 1.807) is 24.3 Å². The third-order valence-corrected chi connectivity index (χ3v) is 13.4. The number of hydrogen-bond acceptors (Lipinski definition) is 8. The summed E-state index contributed by atoms with van der Waals surface area (Å²) in [7, 11) is 0. The highest BCUT2D eigenvalue weighted by Gasteiger charge is 2.29. The largest absolute Gasteiger partial charge is 0.507 e. The van der Waals surface area contributed by atoms with Crippen molar-refractivity contribution in [2.45, 2.75) is 130 Å². The van der Waals surface area contributed by atoms with E-state index in [1.165, 1.54) is 0 Å². The summed E-state index contributed by atoms with van der Waals surface area (Å²) >= 11 is 0. The highest BCUT2D eigenvalue weighted by atomic mass is 16.5. The van der Waals surface area contributed by atoms with Crippen molar-refractivity contribution in [2.75, 3.05) is 52.7 Å². The number of phenolic OH excluding ortho intramolecular Hbond substituents is 2. The van der Waals surface area contributed by atoms with Gasteiger partial charge in [-0.05, 0) is 107 Å². The van der Waals surface area contributed by atoms with E-state index in [9.17, 15) is 19.8 Å². The summed E-state index contributed by atoms with van der Waals surface area (Å²) in [5, 5.41) is 31.0. The quantitative estimate of drug-likeness (QED) is 0.111. The van der Waals surface area contributed by atoms with E-state index in [2.05, 4.69) is 142 Å². The summed E-state index contributed by atoms with van der Waals surface area (Å²) in [6, 6.07) is 24.0. The van der Waals surface area contributed by atoms with Gasteiger partial charge in [-0.2, -0.15) is 0 Å². The van der Waals surface area contributed by atoms with Crippen molar-refractivity contribution in [1.29, 1.82) is 0 Å². The molecule has 0 spiro atoms. The highest BCUT2D eigenvalue weighted by Crippen LogP contribution is 2.44. The molecule has 0 atom stereocenters. The minimum Gasteiger partial charge on any atom is -0.507 e. The van der Waals surface area contributed by atoms with E-state index in [0.29, 0.717) is 48.3 Å². The fourth-order valence-corrected chi connectivity index (χ4v) is 9.11. The first-order valence-electron chi connectivity index (χ1n) is 25.0. The van der Waals surface area contributed by atoms with Gasteiger partial charge in [-0.1, -0.05) is 138 Å². The maximum atomic E-state index is 13.1. The molecule has 10 heteroatoms. The molecule has 1 aliphatic carbocycles. The fraction of sp³-hybridized carbons (Fsp3) is 0.467. The molecule has 5 aromatic carbocycles. The molecule has 4 N–H and O–H groups in total. The molecule has 70 heavy (non-hydrogen) atoms. The molecule has 0 saturated carbocycles. The Morgan fingerprint density at radius 1 is 0.400 bits per heavy atom. The van der Waals surface area contributed by atoms with Crippen molar-refractivity contribution in [3.05, 3.63) is 151 Å². The first-order valence-corrected chi connectivity index (χ1v) is 25.0. The van der Waals surface area contributed by atoms with Crippen LogP contribution in [-0.2, 0) is 56.8 Å². The number of hydrogen-bond donors (Lipinski definition) is 4. The van der Waals surface area contributed by atoms with Crippen molar-refractivity contribution in [3.63, 3.8) is 0 Å². The maximum Gasteiger partial charge on any atom is 0.251 e. The molecule has 5 aromatic rings. The van der Waals surface area contributed by atoms with E-state index in [0.717, 1.165) is 66.8 Å². The first-order chi connectivity index (χ1) is 32.9. The number of ether oxygens (including phenoxy) is 4. The lowest BCUT2D eigenvalue weighted by atomic mass is 9.79. The summed E-state index contributed by atoms with van der Waals surface area (Å²) in [4.78, 5) is 26.3. The number of benzene rings is 5. The number of carbonyl (C=O) groups is 2. The van der Waals surface area contributed by atoms with Crippen molar-refractivity contribution in [2.24, 2.45) is 0 Å². The molecule has 3 aliphatic rings. The second kappa shape index (κ2) is 20.9. The SMILES string of the molecule is CC(C)(C)c1cc2c(O)c(c1)Cc1cc(C(C)(C)C)cc3c1OCCOCCNC(=O)c1cccc(c1)C(=O)NCCOCCOc1c(cc(C(C)(C)C)cc1Cc1cc(C(C)(C)C)cc(c1O)C3)C2. The van der Waals surface area contributed by atoms with Crippen LogP contribution in [-0.4, -0.2) is 74.8 Å². The van der Waals surface area contributed by atoms with Gasteiger partial charge in [-0.25, -0.2) is 0 Å². The van der Waals surface area contributed by atoms with Crippen molar-refractivity contribution >= 4 is 11.8 Å². The van der Waals surface area contributed by atoms with Crippen LogP contribution in [0.1, 0.15) is 171 Å². The number of rotatable bonds is 0. The molecule has 2 aliphatic heterocycles. The molecule has 374 valence electrons. The Kier molecular flexibility index (Phi) is 15.5. The zero-order chi connectivity index (χ0) is 50.8. The summed E-state index contributed by atoms with van der Waals surface area (Å²) in [6.45, 7) is 28.4. The van der Waals surface area contributed by atoms with Gasteiger partial charge in [0, 0.05) is 49.9 Å². The molecular formula is C60H76N2O8. The van der Waals surface area contributed by atoms with Gasteiger partial charge < -0.3 is 39.8 Å². The maximum absolute atomic E-state index is 13.1. The Labute approximate surface area is 416 Å². The summed E-state index contributed by atoms with van der Waals surface area (Å²) in [5.41, 5.74) is 11.1. The number of phenols is 2. The monoisotopic (exact) mass is 953 g/mol. The van der Waals surface area contributed by atoms with Crippen LogP contribution in [0.2, 0.25) is 0 Å². The summed E-state index contributed by atoms with van der Waals surface area (Å²) in [5.74, 6) is 1.23. The van der Waals surface area contributed by atoms with Crippen molar-refractivity contribution in [3.8, 4) is 23.0 Å². The predicted molar refractivity (Wildman–Crippen MR) is 279 cm³/mol. The standard InChI is InChI=1S/C60H76N2O8/c1-57(2,3)47-29-39-25-43-33-49(59(7,8)9)35-45-27-41-31-48(58(4,5)6)32-42(52(41)64)28-46-36-50(60(10,11)12)34-44(26-40(30-47)51(39)63)54(46)70-23-21-68-19-17-62-56(66)38-15-13-14-37(24-38)55(65)61-16-18-67-20-22-69-53(43)45/h13-15,24,29-36,63-64H,16-23,25-28H2,1-12H3,(H,61,65)(H,62,66). The first kappa shape index (κ1) is 52.0. The normalized spacial score (nSPS) is 16.1. The molecule has 0 aromatic heterocycles. The van der Waals surface area contributed by atoms with Gasteiger partial charge in [0.15, 0.2) is 0 Å². The minimum atomic E-state index is -0.310. The predicted octanol–water partition coefficient (Wildman–Crippen LogP) is 10.9. The molecule has 8 rings (SSSR count). The average Bonchev–Trinajstić information content (AvgIpc) is 3.27. The van der Waals surface area contributed by atoms with Gasteiger partial charge in [0.2, 0.25) is 0 Å². The molecule has 0 unspecified atom stereocenters. The van der Waals surface area contributed by atoms with Crippen LogP contribution >= 0.6 is 0 Å². The number of fused-ring (bicyclic) bond motifs is 14. The molecule has 0 saturated heterocycles. The highest BCUT2D eigenvalue weighted by molar-refractivity contribution is 5.99. The van der Waals surface area contributed by atoms with Gasteiger partial charge in [-0.15, -0.1) is 0 Å². The number of amides is 2. The Morgan fingerprint density at radius 2 is 0.686 bits per heavy atom. The van der Waals surface area contributed by atoms with Gasteiger partial charge in [0.25, 0.3) is 11.8 Å². The van der Waals surface area contributed by atoms with Crippen LogP contribution in [0.4, 0.5) is 0 Å². The van der Waals surface area contributed by atoms with E-state index in [-0.39, 0.29) is 97.7 Å². The molecule has 0 fully saturated rings. The lowest BCUT2D eigenvalue weighted by Crippen LogP contribution is -2.29. The minimum absolute atomic E-state index is 0.219. The molecular weight excluding hydrogens is 877 g/mol. The second-order valence-electron chi connectivity index (χ2n) is 23.3. The van der Waals surface area contributed by atoms with Crippen LogP contribution in [0.25, 0.3) is 0 Å². The van der Waals surface area contributed by atoms with Crippen molar-refractivity contribution < 1.29 is 38.7 Å². The van der Waals surface area contributed by atoms with Gasteiger partial charge >= 0.3 is 0 Å². The van der Waals surface area contributed by atoms with Crippen LogP contribution in [0.3, 0.4) is 0 Å². The number of nitrogens with one attached hydrogen (secondary N) is 2. The van der Waals surface area contributed by atoms with E-state index in [1.807, 2.05) is 0 Å². The van der Waals surface area contributed by atoms with Gasteiger partial charge in [0.1, 0.15) is 36.2 Å². The zero-order valence-electron chi connectivity index (χ0n) is 43.8. The fourth-order valence-electron chi connectivity index (χ4n) is 9.11. The molecule has 0 radical (unpaired) electrons. The Bertz CT molecular complexity index is 2450. The third kappa shape index (κ3) is 12.5. The Morgan fingerprint density at radius 3 is 0.971 bits per heavy atom. The topological polar surface area (TPSA) is 136 Å². The average molecular weight is 953 g/mol. The smallest absolute Gasteiger partial charge is 0.251 e. The third-order valence-electron chi connectivity index (χ3n) is 13.4. The summed E-state index contributed by atoms with van der Waals surface area (Å²) in [6.07, 6.45) is 1.54. The lowest BCUT2D eigenvalue weighted by Gasteiger charge is -2.28. The Hall–Kier alpha value is -5.84. The van der Waals surface area contributed by atoms with Gasteiger partial charge in [0.05, 0.1) is 26.4 Å². The van der Waals surface area contributed by atoms with Crippen molar-refractivity contribution in [1.82, 2.24) is 10.6 Å². The molecule has 12 bridgehead atoms. The van der Waals surface area contributed by atoms with Crippen LogP contribution in [0.15, 0.2) is 72.8 Å². The van der Waals surface area contributed by atoms with E-state index < -0.39 is 0 Å². The second-order valence-corrected chi connectivity index (χ2v) is 23.3. The lowest BCUT2D eigenvalue weighted by molar-refractivity contribution is 0.0863. The van der Waals surface area contributed by atoms with E-state index >= 15 is 0 Å². The summed E-state index contributed by atoms with van der Waals surface area (Å²) < 4.78 is 25.8. The van der Waals surface area contributed by atoms with Crippen LogP contribution in [0.5, 0.6) is 23.0 Å². The Balaban J connectivity index is 1.45. The zero-order valence-corrected chi connectivity index (χ0v) is 43.8. The van der Waals surface area contributed by atoms with Gasteiger partial charge in [-0.3, -0.25) is 9.59 Å². The molecule has 10 nitrogen and oxygen atoms in total. The van der Waals surface area contributed by atoms with Crippen LogP contribution in [0, 0.1) is 0 Å². The molecule has 2 heterocycles. The molecule has 2 amide bonds. The van der Waals surface area contributed by atoms with E-state index in [4.69, 9.17) is 18.9 Å².